The third-order valence-electron chi connectivity index (χ3n) is 3.68. The second kappa shape index (κ2) is 7.23. The van der Waals surface area contributed by atoms with Gasteiger partial charge >= 0.3 is 0 Å². The van der Waals surface area contributed by atoms with Crippen molar-refractivity contribution in [2.75, 3.05) is 31.6 Å². The number of hydrogen-bond acceptors (Lipinski definition) is 4. The minimum absolute atomic E-state index is 0.122. The van der Waals surface area contributed by atoms with Gasteiger partial charge in [-0.1, -0.05) is 18.2 Å². The molecule has 0 amide bonds. The average Bonchev–Trinajstić information content (AvgIpc) is 2.49. The van der Waals surface area contributed by atoms with Crippen LogP contribution in [0, 0.1) is 11.3 Å². The van der Waals surface area contributed by atoms with Crippen LogP contribution in [0.15, 0.2) is 35.2 Å². The molecule has 1 aromatic carbocycles. The molecule has 0 N–H and O–H groups in total. The van der Waals surface area contributed by atoms with E-state index in [0.717, 1.165) is 38.2 Å². The Hall–Kier alpha value is -0.630. The van der Waals surface area contributed by atoms with Crippen molar-refractivity contribution in [2.24, 2.45) is 0 Å². The summed E-state index contributed by atoms with van der Waals surface area (Å²) < 4.78 is -0.122. The van der Waals surface area contributed by atoms with E-state index >= 15 is 0 Å². The molecule has 0 bridgehead atoms. The number of rotatable bonds is 5. The van der Waals surface area contributed by atoms with Gasteiger partial charge < -0.3 is 4.90 Å². The first-order chi connectivity index (χ1) is 9.28. The highest BCUT2D eigenvalue weighted by molar-refractivity contribution is 8.00. The zero-order valence-electron chi connectivity index (χ0n) is 11.3. The molecule has 1 aromatic rings. The predicted molar refractivity (Wildman–Crippen MR) is 84.7 cm³/mol. The Kier molecular flexibility index (Phi) is 5.62. The van der Waals surface area contributed by atoms with Crippen molar-refractivity contribution in [3.8, 4) is 6.07 Å². The summed E-state index contributed by atoms with van der Waals surface area (Å²) in [6.07, 6.45) is 4.06. The molecule has 2 rings (SSSR count). The van der Waals surface area contributed by atoms with E-state index in [4.69, 9.17) is 0 Å². The Bertz CT molecular complexity index is 420. The van der Waals surface area contributed by atoms with Crippen molar-refractivity contribution < 1.29 is 0 Å². The number of likely N-dealkylation sites (tertiary alicyclic amines) is 1. The summed E-state index contributed by atoms with van der Waals surface area (Å²) >= 11 is 3.64. The standard InChI is InChI=1S/C15H20N2S2/c1-18-15(13-16)7-9-17(10-8-15)11-12-19-14-5-3-2-4-6-14/h2-6H,7-12H2,1H3. The normalized spacial score (nSPS) is 18.9. The molecule has 1 aliphatic heterocycles. The zero-order valence-corrected chi connectivity index (χ0v) is 13.0. The molecule has 0 aliphatic carbocycles. The number of hydrogen-bond donors (Lipinski definition) is 0. The van der Waals surface area contributed by atoms with Crippen LogP contribution in [0.2, 0.25) is 0 Å². The molecule has 102 valence electrons. The molecule has 1 fully saturated rings. The highest BCUT2D eigenvalue weighted by Crippen LogP contribution is 2.33. The molecule has 1 saturated heterocycles. The Labute approximate surface area is 124 Å². The molecule has 19 heavy (non-hydrogen) atoms. The molecule has 0 saturated carbocycles. The first-order valence-electron chi connectivity index (χ1n) is 6.65. The highest BCUT2D eigenvalue weighted by atomic mass is 32.2. The molecule has 4 heteroatoms. The van der Waals surface area contributed by atoms with Crippen molar-refractivity contribution in [1.82, 2.24) is 4.90 Å². The Balaban J connectivity index is 1.71. The maximum atomic E-state index is 9.26. The second-order valence-electron chi connectivity index (χ2n) is 4.81. The number of nitrogens with zero attached hydrogens (tertiary/aromatic N) is 2. The topological polar surface area (TPSA) is 27.0 Å². The van der Waals surface area contributed by atoms with Gasteiger partial charge in [0, 0.05) is 30.3 Å². The summed E-state index contributed by atoms with van der Waals surface area (Å²) in [7, 11) is 0. The van der Waals surface area contributed by atoms with Crippen LogP contribution in [-0.4, -0.2) is 41.3 Å². The van der Waals surface area contributed by atoms with Gasteiger partial charge in [-0.05, 0) is 31.2 Å². The molecule has 0 atom stereocenters. The monoisotopic (exact) mass is 292 g/mol. The van der Waals surface area contributed by atoms with Crippen LogP contribution in [0.3, 0.4) is 0 Å². The molecular formula is C15H20N2S2. The van der Waals surface area contributed by atoms with Crippen LogP contribution in [0.25, 0.3) is 0 Å². The second-order valence-corrected chi connectivity index (χ2v) is 7.17. The van der Waals surface area contributed by atoms with Gasteiger partial charge in [-0.3, -0.25) is 0 Å². The predicted octanol–water partition coefficient (Wildman–Crippen LogP) is 3.50. The lowest BCUT2D eigenvalue weighted by atomic mass is 9.97. The molecule has 1 heterocycles. The van der Waals surface area contributed by atoms with Crippen molar-refractivity contribution >= 4 is 23.5 Å². The lowest BCUT2D eigenvalue weighted by Crippen LogP contribution is -2.42. The largest absolute Gasteiger partial charge is 0.302 e. The van der Waals surface area contributed by atoms with Crippen LogP contribution in [0.5, 0.6) is 0 Å². The first kappa shape index (κ1) is 14.8. The minimum atomic E-state index is -0.122. The number of benzene rings is 1. The first-order valence-corrected chi connectivity index (χ1v) is 8.86. The summed E-state index contributed by atoms with van der Waals surface area (Å²) in [5.74, 6) is 1.13. The van der Waals surface area contributed by atoms with E-state index < -0.39 is 0 Å². The average molecular weight is 292 g/mol. The fourth-order valence-corrected chi connectivity index (χ4v) is 3.93. The van der Waals surface area contributed by atoms with Gasteiger partial charge in [0.25, 0.3) is 0 Å². The smallest absolute Gasteiger partial charge is 0.104 e. The van der Waals surface area contributed by atoms with E-state index in [0.29, 0.717) is 0 Å². The molecule has 0 aromatic heterocycles. The molecule has 0 unspecified atom stereocenters. The fourth-order valence-electron chi connectivity index (χ4n) is 2.31. The van der Waals surface area contributed by atoms with Gasteiger partial charge in [-0.25, -0.2) is 0 Å². The van der Waals surface area contributed by atoms with Crippen LogP contribution in [-0.2, 0) is 0 Å². The van der Waals surface area contributed by atoms with E-state index in [-0.39, 0.29) is 4.75 Å². The molecular weight excluding hydrogens is 272 g/mol. The van der Waals surface area contributed by atoms with E-state index in [1.54, 1.807) is 11.8 Å². The minimum Gasteiger partial charge on any atom is -0.302 e. The lowest BCUT2D eigenvalue weighted by Gasteiger charge is -2.36. The lowest BCUT2D eigenvalue weighted by molar-refractivity contribution is 0.229. The van der Waals surface area contributed by atoms with Crippen molar-refractivity contribution in [3.63, 3.8) is 0 Å². The van der Waals surface area contributed by atoms with Crippen molar-refractivity contribution in [1.29, 1.82) is 5.26 Å². The van der Waals surface area contributed by atoms with E-state index in [1.807, 2.05) is 11.8 Å². The van der Waals surface area contributed by atoms with Gasteiger partial charge in [0.05, 0.1) is 6.07 Å². The number of nitriles is 1. The third-order valence-corrected chi connectivity index (χ3v) is 5.95. The maximum absolute atomic E-state index is 9.26. The summed E-state index contributed by atoms with van der Waals surface area (Å²) in [4.78, 5) is 3.83. The number of thioether (sulfide) groups is 2. The van der Waals surface area contributed by atoms with Crippen LogP contribution < -0.4 is 0 Å². The van der Waals surface area contributed by atoms with E-state index in [2.05, 4.69) is 47.6 Å². The van der Waals surface area contributed by atoms with Crippen LogP contribution in [0.1, 0.15) is 12.8 Å². The van der Waals surface area contributed by atoms with Crippen LogP contribution >= 0.6 is 23.5 Å². The SMILES string of the molecule is CSC1(C#N)CCN(CCSc2ccccc2)CC1. The zero-order chi connectivity index (χ0) is 13.6. The van der Waals surface area contributed by atoms with Crippen molar-refractivity contribution in [3.05, 3.63) is 30.3 Å². The van der Waals surface area contributed by atoms with Gasteiger partial charge in [0.15, 0.2) is 0 Å². The Morgan fingerprint density at radius 1 is 1.26 bits per heavy atom. The van der Waals surface area contributed by atoms with Gasteiger partial charge in [0.1, 0.15) is 4.75 Å². The summed E-state index contributed by atoms with van der Waals surface area (Å²) in [6.45, 7) is 3.24. The van der Waals surface area contributed by atoms with E-state index in [1.165, 1.54) is 4.90 Å². The van der Waals surface area contributed by atoms with Gasteiger partial charge in [-0.15, -0.1) is 23.5 Å². The van der Waals surface area contributed by atoms with Gasteiger partial charge in [-0.2, -0.15) is 5.26 Å². The van der Waals surface area contributed by atoms with Crippen LogP contribution in [0.4, 0.5) is 0 Å². The summed E-state index contributed by atoms with van der Waals surface area (Å²) in [5, 5.41) is 9.26. The summed E-state index contributed by atoms with van der Waals surface area (Å²) in [5.41, 5.74) is 0. The quantitative estimate of drug-likeness (QED) is 0.776. The maximum Gasteiger partial charge on any atom is 0.104 e. The van der Waals surface area contributed by atoms with E-state index in [9.17, 15) is 5.26 Å². The Morgan fingerprint density at radius 3 is 2.53 bits per heavy atom. The Morgan fingerprint density at radius 2 is 1.95 bits per heavy atom. The van der Waals surface area contributed by atoms with Gasteiger partial charge in [0.2, 0.25) is 0 Å². The highest BCUT2D eigenvalue weighted by Gasteiger charge is 2.33. The molecule has 0 spiro atoms. The van der Waals surface area contributed by atoms with Crippen molar-refractivity contribution in [2.45, 2.75) is 22.5 Å². The molecule has 0 radical (unpaired) electrons. The molecule has 2 nitrogen and oxygen atoms in total. The number of piperidine rings is 1. The fraction of sp³-hybridized carbons (Fsp3) is 0.533. The third kappa shape index (κ3) is 4.17. The summed E-state index contributed by atoms with van der Waals surface area (Å²) in [6, 6.07) is 13.1. The molecule has 1 aliphatic rings.